The highest BCUT2D eigenvalue weighted by molar-refractivity contribution is 5.66. The summed E-state index contributed by atoms with van der Waals surface area (Å²) in [5.41, 5.74) is 0. The van der Waals surface area contributed by atoms with Gasteiger partial charge in [-0.25, -0.2) is 0 Å². The predicted molar refractivity (Wildman–Crippen MR) is 205 cm³/mol. The van der Waals surface area contributed by atoms with Gasteiger partial charge in [-0.2, -0.15) is 0 Å². The highest BCUT2D eigenvalue weighted by atomic mass is 16.6. The van der Waals surface area contributed by atoms with Gasteiger partial charge in [0.25, 0.3) is 0 Å². The number of hydrogen-bond donors (Lipinski definition) is 1. The van der Waals surface area contributed by atoms with E-state index in [-0.39, 0.29) is 13.0 Å². The molecule has 0 fully saturated rings. The van der Waals surface area contributed by atoms with Crippen molar-refractivity contribution in [2.45, 2.75) is 77.6 Å². The molecule has 0 saturated carbocycles. The minimum Gasteiger partial charge on any atom is -0.481 e. The summed E-state index contributed by atoms with van der Waals surface area (Å²) >= 11 is 0. The van der Waals surface area contributed by atoms with E-state index in [1.807, 2.05) is 0 Å². The molecule has 0 atom stereocenters. The molecule has 0 rings (SSSR count). The summed E-state index contributed by atoms with van der Waals surface area (Å²) in [6, 6.07) is 0. The zero-order valence-corrected chi connectivity index (χ0v) is 33.8. The van der Waals surface area contributed by atoms with Crippen molar-refractivity contribution in [3.8, 4) is 0 Å². The fraction of sp³-hybridized carbons (Fsp3) is 0.974. The molecule has 15 heteroatoms. The minimum atomic E-state index is -0.873. The largest absolute Gasteiger partial charge is 0.481 e. The first-order valence-corrected chi connectivity index (χ1v) is 20.5. The third kappa shape index (κ3) is 51.0. The summed E-state index contributed by atoms with van der Waals surface area (Å²) in [5.74, 6) is -0.873. The van der Waals surface area contributed by atoms with Crippen LogP contribution in [-0.2, 0) is 66.4 Å². The molecule has 0 heterocycles. The van der Waals surface area contributed by atoms with Gasteiger partial charge in [0.05, 0.1) is 172 Å². The van der Waals surface area contributed by atoms with Gasteiger partial charge in [-0.1, -0.05) is 64.7 Å². The lowest BCUT2D eigenvalue weighted by molar-refractivity contribution is -0.138. The van der Waals surface area contributed by atoms with E-state index in [4.69, 9.17) is 66.7 Å². The fourth-order valence-electron chi connectivity index (χ4n) is 4.59. The number of rotatable bonds is 50. The van der Waals surface area contributed by atoms with Gasteiger partial charge in [0.1, 0.15) is 0 Å². The lowest BCUT2D eigenvalue weighted by Gasteiger charge is -2.09. The molecule has 0 aliphatic rings. The fourth-order valence-corrected chi connectivity index (χ4v) is 4.59. The number of carboxylic acid groups (broad SMARTS) is 1. The molecule has 0 aromatic rings. The Hall–Kier alpha value is -1.05. The van der Waals surface area contributed by atoms with Crippen molar-refractivity contribution in [1.82, 2.24) is 0 Å². The van der Waals surface area contributed by atoms with Crippen LogP contribution in [0.3, 0.4) is 0 Å². The average molecular weight is 787 g/mol. The SMILES string of the molecule is CCCCCCCCCCCCOCCOCCOCCOCCOCCOCCOCCOCCOCCOCCOCCOCCOCCC(=O)O. The number of carboxylic acids is 1. The van der Waals surface area contributed by atoms with E-state index in [1.165, 1.54) is 57.8 Å². The number of carbonyl (C=O) groups is 1. The van der Waals surface area contributed by atoms with Crippen LogP contribution in [-0.4, -0.2) is 183 Å². The number of aliphatic carboxylic acids is 1. The summed E-state index contributed by atoms with van der Waals surface area (Å²) in [4.78, 5) is 10.3. The van der Waals surface area contributed by atoms with E-state index in [0.717, 1.165) is 13.0 Å². The van der Waals surface area contributed by atoms with Crippen LogP contribution in [0.15, 0.2) is 0 Å². The third-order valence-corrected chi connectivity index (χ3v) is 7.57. The molecular formula is C39H78O15. The van der Waals surface area contributed by atoms with E-state index in [9.17, 15) is 4.79 Å². The average Bonchev–Trinajstić information content (AvgIpc) is 3.17. The van der Waals surface area contributed by atoms with Crippen LogP contribution in [0.25, 0.3) is 0 Å². The molecule has 54 heavy (non-hydrogen) atoms. The Labute approximate surface area is 326 Å². The standard InChI is InChI=1S/C39H78O15/c1-2-3-4-5-6-7-8-9-10-11-13-42-15-17-44-19-21-46-23-25-48-27-29-50-31-33-52-35-37-54-38-36-53-34-32-51-30-28-49-26-24-47-22-20-45-18-16-43-14-12-39(40)41/h2-38H2,1H3,(H,40,41). The lowest BCUT2D eigenvalue weighted by atomic mass is 10.1. The van der Waals surface area contributed by atoms with Crippen LogP contribution >= 0.6 is 0 Å². The lowest BCUT2D eigenvalue weighted by Crippen LogP contribution is -2.15. The van der Waals surface area contributed by atoms with Gasteiger partial charge in [-0.3, -0.25) is 4.79 Å². The molecule has 0 unspecified atom stereocenters. The van der Waals surface area contributed by atoms with Gasteiger partial charge < -0.3 is 66.7 Å². The van der Waals surface area contributed by atoms with Crippen molar-refractivity contribution in [3.63, 3.8) is 0 Å². The molecule has 0 saturated heterocycles. The van der Waals surface area contributed by atoms with Crippen molar-refractivity contribution in [1.29, 1.82) is 0 Å². The number of hydrogen-bond acceptors (Lipinski definition) is 14. The summed E-state index contributed by atoms with van der Waals surface area (Å²) < 4.78 is 71.0. The van der Waals surface area contributed by atoms with Crippen LogP contribution in [0, 0.1) is 0 Å². The van der Waals surface area contributed by atoms with Gasteiger partial charge in [0.15, 0.2) is 0 Å². The molecule has 1 N–H and O–H groups in total. The first-order chi connectivity index (χ1) is 26.8. The zero-order valence-electron chi connectivity index (χ0n) is 33.8. The summed E-state index contributed by atoms with van der Waals surface area (Å²) in [6.07, 6.45) is 13.4. The number of ether oxygens (including phenoxy) is 13. The van der Waals surface area contributed by atoms with E-state index < -0.39 is 5.97 Å². The van der Waals surface area contributed by atoms with Gasteiger partial charge in [0.2, 0.25) is 0 Å². The second-order valence-electron chi connectivity index (χ2n) is 12.3. The molecule has 0 bridgehead atoms. The first kappa shape index (κ1) is 53.0. The Morgan fingerprint density at radius 2 is 0.463 bits per heavy atom. The monoisotopic (exact) mass is 787 g/mol. The second kappa shape index (κ2) is 50.0. The van der Waals surface area contributed by atoms with Crippen molar-refractivity contribution in [2.75, 3.05) is 172 Å². The normalized spacial score (nSPS) is 11.6. The van der Waals surface area contributed by atoms with Gasteiger partial charge in [-0.15, -0.1) is 0 Å². The molecule has 0 aliphatic heterocycles. The molecule has 0 aromatic carbocycles. The molecule has 15 nitrogen and oxygen atoms in total. The van der Waals surface area contributed by atoms with E-state index in [1.54, 1.807) is 0 Å². The molecule has 324 valence electrons. The smallest absolute Gasteiger partial charge is 0.305 e. The second-order valence-corrected chi connectivity index (χ2v) is 12.3. The summed E-state index contributed by atoms with van der Waals surface area (Å²) in [6.45, 7) is 15.3. The highest BCUT2D eigenvalue weighted by Gasteiger charge is 1.99. The van der Waals surface area contributed by atoms with Gasteiger partial charge in [-0.05, 0) is 6.42 Å². The number of unbranched alkanes of at least 4 members (excludes halogenated alkanes) is 9. The Kier molecular flexibility index (Phi) is 49.0. The van der Waals surface area contributed by atoms with Crippen molar-refractivity contribution >= 4 is 5.97 Å². The van der Waals surface area contributed by atoms with E-state index in [2.05, 4.69) is 6.92 Å². The van der Waals surface area contributed by atoms with Gasteiger partial charge >= 0.3 is 5.97 Å². The minimum absolute atomic E-state index is 0.00206. The molecule has 0 aliphatic carbocycles. The first-order valence-electron chi connectivity index (χ1n) is 20.5. The quantitative estimate of drug-likeness (QED) is 0.0853. The third-order valence-electron chi connectivity index (χ3n) is 7.57. The Balaban J connectivity index is 3.05. The maximum absolute atomic E-state index is 10.3. The van der Waals surface area contributed by atoms with Crippen LogP contribution in [0.1, 0.15) is 77.6 Å². The van der Waals surface area contributed by atoms with Gasteiger partial charge in [0, 0.05) is 6.61 Å². The summed E-state index contributed by atoms with van der Waals surface area (Å²) in [5, 5.41) is 8.50. The van der Waals surface area contributed by atoms with Crippen molar-refractivity contribution in [2.24, 2.45) is 0 Å². The Bertz CT molecular complexity index is 692. The maximum atomic E-state index is 10.3. The van der Waals surface area contributed by atoms with E-state index >= 15 is 0 Å². The molecular weight excluding hydrogens is 708 g/mol. The zero-order chi connectivity index (χ0) is 38.9. The topological polar surface area (TPSA) is 157 Å². The van der Waals surface area contributed by atoms with Crippen LogP contribution in [0.5, 0.6) is 0 Å². The van der Waals surface area contributed by atoms with Crippen molar-refractivity contribution in [3.05, 3.63) is 0 Å². The molecule has 0 radical (unpaired) electrons. The van der Waals surface area contributed by atoms with Crippen molar-refractivity contribution < 1.29 is 71.5 Å². The molecule has 0 spiro atoms. The Morgan fingerprint density at radius 1 is 0.278 bits per heavy atom. The Morgan fingerprint density at radius 3 is 0.685 bits per heavy atom. The van der Waals surface area contributed by atoms with Crippen LogP contribution in [0.2, 0.25) is 0 Å². The van der Waals surface area contributed by atoms with Crippen LogP contribution in [0.4, 0.5) is 0 Å². The maximum Gasteiger partial charge on any atom is 0.305 e. The van der Waals surface area contributed by atoms with Crippen LogP contribution < -0.4 is 0 Å². The predicted octanol–water partition coefficient (Wildman–Crippen LogP) is 4.60. The molecule has 0 amide bonds. The molecule has 0 aromatic heterocycles. The summed E-state index contributed by atoms with van der Waals surface area (Å²) in [7, 11) is 0. The highest BCUT2D eigenvalue weighted by Crippen LogP contribution is 2.10. The van der Waals surface area contributed by atoms with E-state index in [0.29, 0.717) is 159 Å².